The molecule has 14 N–H and O–H groups in total. The molecule has 1 radical (unpaired) electrons. The van der Waals surface area contributed by atoms with Gasteiger partial charge in [0.25, 0.3) is 0 Å². The summed E-state index contributed by atoms with van der Waals surface area (Å²) in [7, 11) is 0. The molecule has 0 aliphatic carbocycles. The molecule has 0 atom stereocenters. The van der Waals surface area contributed by atoms with Crippen LogP contribution in [0.3, 0.4) is 0 Å². The quantitative estimate of drug-likeness (QED) is 0.358. The topological polar surface area (TPSA) is 220 Å². The van der Waals surface area contributed by atoms with Crippen molar-refractivity contribution in [3.63, 3.8) is 0 Å². The molecule has 0 rings (SSSR count). The molecule has 0 spiro atoms. The molecule has 0 unspecified atom stereocenters. The Bertz CT molecular complexity index is 11.6. The standard InChI is InChI=1S/Na.7H2O.S2/c;;;;;;;;1-2/h;7*1H2;. The first-order valence-electron chi connectivity index (χ1n) is 0.167. The molecule has 0 aliphatic heterocycles. The zero-order chi connectivity index (χ0) is 2.00. The molecular weight excluding hydrogens is 199 g/mol. The summed E-state index contributed by atoms with van der Waals surface area (Å²) in [6.07, 6.45) is 0. The van der Waals surface area contributed by atoms with Gasteiger partial charge in [-0.25, -0.2) is 0 Å². The molecule has 0 aromatic rings. The Morgan fingerprint density at radius 3 is 0.400 bits per heavy atom. The van der Waals surface area contributed by atoms with Crippen LogP contribution in [0.5, 0.6) is 0 Å². The number of hydrogen-bond acceptors (Lipinski definition) is 2. The first kappa shape index (κ1) is 247. The van der Waals surface area contributed by atoms with Crippen LogP contribution >= 0.6 is 0 Å². The second-order valence-electron chi connectivity index (χ2n) is 0. The maximum atomic E-state index is 3.67. The van der Waals surface area contributed by atoms with E-state index in [-0.39, 0.29) is 67.9 Å². The van der Waals surface area contributed by atoms with Crippen LogP contribution in [0.4, 0.5) is 0 Å². The van der Waals surface area contributed by atoms with Crippen molar-refractivity contribution >= 4 is 51.9 Å². The van der Waals surface area contributed by atoms with Gasteiger partial charge in [0, 0.05) is 51.9 Å². The Morgan fingerprint density at radius 2 is 0.400 bits per heavy atom. The third-order valence-corrected chi connectivity index (χ3v) is 0. The van der Waals surface area contributed by atoms with Crippen molar-refractivity contribution in [2.45, 2.75) is 0 Å². The van der Waals surface area contributed by atoms with E-state index in [9.17, 15) is 0 Å². The van der Waals surface area contributed by atoms with Gasteiger partial charge in [0.2, 0.25) is 0 Å². The van der Waals surface area contributed by atoms with Crippen LogP contribution in [0.2, 0.25) is 0 Å². The molecule has 7 nitrogen and oxygen atoms in total. The largest absolute Gasteiger partial charge is 0.412 e. The summed E-state index contributed by atoms with van der Waals surface area (Å²) in [5.74, 6) is 0. The Morgan fingerprint density at radius 1 is 0.400 bits per heavy atom. The van der Waals surface area contributed by atoms with Gasteiger partial charge in [-0.3, -0.25) is 0 Å². The minimum absolute atomic E-state index is 0. The molecule has 0 bridgehead atoms. The van der Waals surface area contributed by atoms with Crippen LogP contribution in [0.1, 0.15) is 0 Å². The summed E-state index contributed by atoms with van der Waals surface area (Å²) in [5, 5.41) is 0. The van der Waals surface area contributed by atoms with Crippen molar-refractivity contribution in [1.82, 2.24) is 0 Å². The normalized spacial score (nSPS) is 0.400. The van der Waals surface area contributed by atoms with E-state index < -0.39 is 0 Å². The van der Waals surface area contributed by atoms with Crippen molar-refractivity contribution in [1.29, 1.82) is 0 Å². The molecule has 10 heavy (non-hydrogen) atoms. The van der Waals surface area contributed by atoms with Crippen molar-refractivity contribution in [2.75, 3.05) is 0 Å². The van der Waals surface area contributed by atoms with Gasteiger partial charge in [0.1, 0.15) is 0 Å². The minimum Gasteiger partial charge on any atom is -0.412 e. The monoisotopic (exact) mass is 213 g/mol. The smallest absolute Gasteiger partial charge is 0 e. The molecule has 0 saturated heterocycles. The molecule has 10 heteroatoms. The average molecular weight is 213 g/mol. The van der Waals surface area contributed by atoms with Gasteiger partial charge < -0.3 is 38.3 Å². The zero-order valence-electron chi connectivity index (χ0n) is 5.32. The minimum atomic E-state index is 0. The van der Waals surface area contributed by atoms with Crippen molar-refractivity contribution < 1.29 is 38.3 Å². The average Bonchev–Trinajstić information content (AvgIpc) is 1.00. The molecule has 0 amide bonds. The fourth-order valence-corrected chi connectivity index (χ4v) is 0. The predicted octanol–water partition coefficient (Wildman–Crippen LogP) is -6.16. The summed E-state index contributed by atoms with van der Waals surface area (Å²) < 4.78 is 0. The van der Waals surface area contributed by atoms with E-state index in [0.717, 1.165) is 0 Å². The molecule has 0 aliphatic rings. The summed E-state index contributed by atoms with van der Waals surface area (Å²) >= 11 is 7.33. The maximum absolute atomic E-state index is 3.67. The van der Waals surface area contributed by atoms with E-state index in [4.69, 9.17) is 0 Å². The van der Waals surface area contributed by atoms with E-state index >= 15 is 0 Å². The molecule has 0 fully saturated rings. The van der Waals surface area contributed by atoms with E-state index in [1.807, 2.05) is 0 Å². The SMILES string of the molecule is O.O.O.O.O.O.O.S=S.[Na]. The van der Waals surface area contributed by atoms with Crippen LogP contribution in [-0.2, 0) is 22.4 Å². The van der Waals surface area contributed by atoms with E-state index in [0.29, 0.717) is 0 Å². The molecular formula is H14NaO7S2. The predicted molar refractivity (Wildman–Crippen MR) is 45.8 cm³/mol. The van der Waals surface area contributed by atoms with Crippen molar-refractivity contribution in [3.8, 4) is 0 Å². The summed E-state index contributed by atoms with van der Waals surface area (Å²) in [5.41, 5.74) is 0. The van der Waals surface area contributed by atoms with E-state index in [1.54, 1.807) is 0 Å². The van der Waals surface area contributed by atoms with Crippen molar-refractivity contribution in [2.24, 2.45) is 0 Å². The van der Waals surface area contributed by atoms with Crippen LogP contribution in [0.15, 0.2) is 0 Å². The van der Waals surface area contributed by atoms with Gasteiger partial charge in [-0.2, -0.15) is 0 Å². The Hall–Kier alpha value is 1.16. The van der Waals surface area contributed by atoms with Gasteiger partial charge in [0.15, 0.2) is 0 Å². The van der Waals surface area contributed by atoms with Crippen LogP contribution in [-0.4, -0.2) is 67.9 Å². The van der Waals surface area contributed by atoms with Gasteiger partial charge in [0.05, 0.1) is 0 Å². The maximum Gasteiger partial charge on any atom is 0 e. The van der Waals surface area contributed by atoms with Crippen LogP contribution < -0.4 is 0 Å². The zero-order valence-corrected chi connectivity index (χ0v) is 8.95. The molecule has 0 aromatic heterocycles. The Kier molecular flexibility index (Phi) is 15600. The molecule has 69 valence electrons. The second kappa shape index (κ2) is 634. The van der Waals surface area contributed by atoms with Gasteiger partial charge >= 0.3 is 0 Å². The van der Waals surface area contributed by atoms with E-state index in [1.165, 1.54) is 0 Å². The Balaban J connectivity index is -0.000000000179. The summed E-state index contributed by atoms with van der Waals surface area (Å²) in [6, 6.07) is 0. The summed E-state index contributed by atoms with van der Waals surface area (Å²) in [6.45, 7) is 0. The van der Waals surface area contributed by atoms with Gasteiger partial charge in [-0.1, -0.05) is 0 Å². The molecule has 0 aromatic carbocycles. The third-order valence-electron chi connectivity index (χ3n) is 0. The second-order valence-corrected chi connectivity index (χ2v) is 0. The number of rotatable bonds is 0. The van der Waals surface area contributed by atoms with Crippen LogP contribution in [0, 0.1) is 0 Å². The van der Waals surface area contributed by atoms with Gasteiger partial charge in [-0.15, -0.1) is 0 Å². The van der Waals surface area contributed by atoms with Crippen LogP contribution in [0.25, 0.3) is 0 Å². The van der Waals surface area contributed by atoms with Gasteiger partial charge in [-0.05, 0) is 0 Å². The molecule has 0 heterocycles. The Labute approximate surface area is 89.9 Å². The summed E-state index contributed by atoms with van der Waals surface area (Å²) in [4.78, 5) is 0. The number of hydrogen-bond donors (Lipinski definition) is 0. The fraction of sp³-hybridized carbons (Fsp3) is 0. The van der Waals surface area contributed by atoms with Crippen molar-refractivity contribution in [3.05, 3.63) is 0 Å². The first-order valence-corrected chi connectivity index (χ1v) is 1.50. The fourth-order valence-electron chi connectivity index (χ4n) is 0. The first-order chi connectivity index (χ1) is 1.00. The molecule has 0 saturated carbocycles. The van der Waals surface area contributed by atoms with E-state index in [2.05, 4.69) is 22.4 Å². The third kappa shape index (κ3) is 453.